The Balaban J connectivity index is 1.93. The molecule has 200 valence electrons. The van der Waals surface area contributed by atoms with E-state index in [0.29, 0.717) is 17.9 Å². The van der Waals surface area contributed by atoms with Crippen LogP contribution in [0.25, 0.3) is 0 Å². The molecule has 3 rings (SSSR count). The van der Waals surface area contributed by atoms with E-state index >= 15 is 0 Å². The van der Waals surface area contributed by atoms with Crippen molar-refractivity contribution in [2.45, 2.75) is 84.3 Å². The molecule has 1 N–H and O–H groups in total. The standard InChI is InChI=1S/C28H38BNO7/c1-26(2,3)35-25(33)30(8)22(24(31)32)17-20-16-21(29-36-27(4,5)28(6,7)37-29)14-15-23(20)34-18-19-12-10-9-11-13-19/h9-16,22H,17-18H2,1-8H3,(H,31,32)/t22-/m0/s1. The number of carbonyl (C=O) groups excluding carboxylic acids is 1. The Bertz CT molecular complexity index is 1100. The number of aliphatic carboxylic acids is 1. The number of ether oxygens (including phenoxy) is 2. The van der Waals surface area contributed by atoms with Crippen LogP contribution in [0.3, 0.4) is 0 Å². The van der Waals surface area contributed by atoms with Gasteiger partial charge in [0.15, 0.2) is 0 Å². The van der Waals surface area contributed by atoms with Crippen molar-refractivity contribution >= 4 is 24.6 Å². The van der Waals surface area contributed by atoms with Crippen LogP contribution in [-0.2, 0) is 31.9 Å². The van der Waals surface area contributed by atoms with Crippen LogP contribution in [-0.4, -0.2) is 59.1 Å². The van der Waals surface area contributed by atoms with Gasteiger partial charge in [0, 0.05) is 13.5 Å². The van der Waals surface area contributed by atoms with Crippen molar-refractivity contribution < 1.29 is 33.5 Å². The molecule has 2 aromatic rings. The van der Waals surface area contributed by atoms with Gasteiger partial charge in [-0.3, -0.25) is 4.90 Å². The molecule has 0 radical (unpaired) electrons. The Morgan fingerprint density at radius 1 is 1.03 bits per heavy atom. The Labute approximate surface area is 220 Å². The van der Waals surface area contributed by atoms with Gasteiger partial charge in [-0.1, -0.05) is 42.5 Å². The molecular formula is C28H38BNO7. The summed E-state index contributed by atoms with van der Waals surface area (Å²) in [7, 11) is 0.800. The number of carboxylic acid groups (broad SMARTS) is 1. The third-order valence-corrected chi connectivity index (χ3v) is 6.69. The maximum Gasteiger partial charge on any atom is 0.494 e. The molecule has 0 spiro atoms. The lowest BCUT2D eigenvalue weighted by Gasteiger charge is -2.32. The molecule has 37 heavy (non-hydrogen) atoms. The summed E-state index contributed by atoms with van der Waals surface area (Å²) >= 11 is 0. The molecule has 2 aromatic carbocycles. The van der Waals surface area contributed by atoms with Crippen molar-refractivity contribution in [3.8, 4) is 5.75 Å². The predicted octanol–water partition coefficient (Wildman–Crippen LogP) is 4.43. The van der Waals surface area contributed by atoms with Gasteiger partial charge in [0.25, 0.3) is 0 Å². The third-order valence-electron chi connectivity index (χ3n) is 6.69. The molecule has 8 nitrogen and oxygen atoms in total. The highest BCUT2D eigenvalue weighted by Gasteiger charge is 2.51. The number of nitrogens with zero attached hydrogens (tertiary/aromatic N) is 1. The Hall–Kier alpha value is -3.04. The predicted molar refractivity (Wildman–Crippen MR) is 142 cm³/mol. The minimum atomic E-state index is -1.18. The molecule has 1 fully saturated rings. The molecule has 0 bridgehead atoms. The monoisotopic (exact) mass is 511 g/mol. The SMILES string of the molecule is CN(C(=O)OC(C)(C)C)[C@@H](Cc1cc(B2OC(C)(C)C(C)(C)O2)ccc1OCc1ccccc1)C(=O)O. The summed E-state index contributed by atoms with van der Waals surface area (Å²) < 4.78 is 23.9. The summed E-state index contributed by atoms with van der Waals surface area (Å²) in [6, 6.07) is 14.0. The van der Waals surface area contributed by atoms with Crippen molar-refractivity contribution in [2.75, 3.05) is 7.05 Å². The van der Waals surface area contributed by atoms with Crippen LogP contribution in [0.2, 0.25) is 0 Å². The average Bonchev–Trinajstić information content (AvgIpc) is 3.02. The summed E-state index contributed by atoms with van der Waals surface area (Å²) in [5.41, 5.74) is 0.524. The average molecular weight is 511 g/mol. The van der Waals surface area contributed by atoms with Gasteiger partial charge in [-0.25, -0.2) is 9.59 Å². The minimum absolute atomic E-state index is 0.00252. The van der Waals surface area contributed by atoms with E-state index < -0.39 is 42.0 Å². The number of rotatable bonds is 8. The summed E-state index contributed by atoms with van der Waals surface area (Å²) in [6.45, 7) is 13.4. The molecule has 1 aliphatic heterocycles. The van der Waals surface area contributed by atoms with Gasteiger partial charge in [-0.15, -0.1) is 0 Å². The number of amides is 1. The second kappa shape index (κ2) is 10.8. The van der Waals surface area contributed by atoms with Crippen molar-refractivity contribution in [3.63, 3.8) is 0 Å². The van der Waals surface area contributed by atoms with E-state index in [9.17, 15) is 14.7 Å². The highest BCUT2D eigenvalue weighted by molar-refractivity contribution is 6.62. The fraction of sp³-hybridized carbons (Fsp3) is 0.500. The zero-order chi connectivity index (χ0) is 27.6. The van der Waals surface area contributed by atoms with Gasteiger partial charge in [0.2, 0.25) is 0 Å². The zero-order valence-corrected chi connectivity index (χ0v) is 23.0. The van der Waals surface area contributed by atoms with Crippen LogP contribution in [0.15, 0.2) is 48.5 Å². The molecule has 0 aliphatic carbocycles. The fourth-order valence-electron chi connectivity index (χ4n) is 3.82. The van der Waals surface area contributed by atoms with E-state index in [-0.39, 0.29) is 6.42 Å². The Morgan fingerprint density at radius 2 is 1.62 bits per heavy atom. The highest BCUT2D eigenvalue weighted by atomic mass is 16.7. The van der Waals surface area contributed by atoms with Crippen LogP contribution in [0.4, 0.5) is 4.79 Å². The molecule has 0 saturated carbocycles. The number of carboxylic acids is 1. The smallest absolute Gasteiger partial charge is 0.489 e. The molecule has 1 amide bonds. The van der Waals surface area contributed by atoms with E-state index in [1.165, 1.54) is 7.05 Å². The molecule has 1 heterocycles. The number of hydrogen-bond acceptors (Lipinski definition) is 6. The number of carbonyl (C=O) groups is 2. The van der Waals surface area contributed by atoms with Gasteiger partial charge >= 0.3 is 19.2 Å². The molecular weight excluding hydrogens is 473 g/mol. The van der Waals surface area contributed by atoms with Crippen molar-refractivity contribution in [1.29, 1.82) is 0 Å². The van der Waals surface area contributed by atoms with Crippen molar-refractivity contribution in [3.05, 3.63) is 59.7 Å². The highest BCUT2D eigenvalue weighted by Crippen LogP contribution is 2.37. The maximum absolute atomic E-state index is 12.7. The second-order valence-corrected chi connectivity index (χ2v) is 11.4. The quantitative estimate of drug-likeness (QED) is 0.524. The molecule has 1 aliphatic rings. The van der Waals surface area contributed by atoms with E-state index in [2.05, 4.69) is 0 Å². The number of benzene rings is 2. The van der Waals surface area contributed by atoms with E-state index in [1.807, 2.05) is 70.2 Å². The lowest BCUT2D eigenvalue weighted by molar-refractivity contribution is -0.142. The summed E-state index contributed by atoms with van der Waals surface area (Å²) in [5, 5.41) is 10.0. The van der Waals surface area contributed by atoms with Gasteiger partial charge in [-0.05, 0) is 71.1 Å². The summed E-state index contributed by atoms with van der Waals surface area (Å²) in [6.07, 6.45) is -0.712. The van der Waals surface area contributed by atoms with Crippen LogP contribution in [0.5, 0.6) is 5.75 Å². The van der Waals surface area contributed by atoms with Gasteiger partial charge in [0.05, 0.1) is 11.2 Å². The van der Waals surface area contributed by atoms with Gasteiger partial charge < -0.3 is 23.9 Å². The summed E-state index contributed by atoms with van der Waals surface area (Å²) in [4.78, 5) is 26.1. The van der Waals surface area contributed by atoms with Crippen LogP contribution in [0, 0.1) is 0 Å². The van der Waals surface area contributed by atoms with Crippen LogP contribution >= 0.6 is 0 Å². The molecule has 0 aromatic heterocycles. The topological polar surface area (TPSA) is 94.5 Å². The maximum atomic E-state index is 12.7. The van der Waals surface area contributed by atoms with E-state index in [0.717, 1.165) is 15.9 Å². The van der Waals surface area contributed by atoms with E-state index in [1.54, 1.807) is 26.8 Å². The molecule has 1 saturated heterocycles. The molecule has 9 heteroatoms. The first-order valence-corrected chi connectivity index (χ1v) is 12.4. The van der Waals surface area contributed by atoms with Crippen molar-refractivity contribution in [1.82, 2.24) is 4.90 Å². The first kappa shape index (κ1) is 28.5. The van der Waals surface area contributed by atoms with Crippen LogP contribution in [0.1, 0.15) is 59.6 Å². The van der Waals surface area contributed by atoms with E-state index in [4.69, 9.17) is 18.8 Å². The first-order valence-electron chi connectivity index (χ1n) is 12.4. The Morgan fingerprint density at radius 3 is 2.16 bits per heavy atom. The van der Waals surface area contributed by atoms with Gasteiger partial charge in [0.1, 0.15) is 24.0 Å². The largest absolute Gasteiger partial charge is 0.494 e. The summed E-state index contributed by atoms with van der Waals surface area (Å²) in [5.74, 6) is -0.628. The zero-order valence-electron chi connectivity index (χ0n) is 23.0. The number of hydrogen-bond donors (Lipinski definition) is 1. The second-order valence-electron chi connectivity index (χ2n) is 11.4. The van der Waals surface area contributed by atoms with Crippen molar-refractivity contribution in [2.24, 2.45) is 0 Å². The lowest BCUT2D eigenvalue weighted by Crippen LogP contribution is -2.46. The fourth-order valence-corrected chi connectivity index (χ4v) is 3.82. The number of likely N-dealkylation sites (N-methyl/N-ethyl adjacent to an activating group) is 1. The van der Waals surface area contributed by atoms with Gasteiger partial charge in [-0.2, -0.15) is 0 Å². The minimum Gasteiger partial charge on any atom is -0.489 e. The lowest BCUT2D eigenvalue weighted by atomic mass is 9.78. The molecule has 0 unspecified atom stereocenters. The first-order chi connectivity index (χ1) is 17.1. The normalized spacial score (nSPS) is 17.2. The Kier molecular flexibility index (Phi) is 8.29. The third kappa shape index (κ3) is 7.05. The molecule has 1 atom stereocenters. The van der Waals surface area contributed by atoms with Crippen LogP contribution < -0.4 is 10.2 Å².